The smallest absolute Gasteiger partial charge is 0.220 e. The van der Waals surface area contributed by atoms with Gasteiger partial charge in [0.1, 0.15) is 5.75 Å². The van der Waals surface area contributed by atoms with Crippen LogP contribution in [0.1, 0.15) is 19.3 Å². The lowest BCUT2D eigenvalue weighted by Gasteiger charge is -2.38. The van der Waals surface area contributed by atoms with Gasteiger partial charge in [0.25, 0.3) is 0 Å². The number of amides is 1. The SMILES string of the molecule is O=C(CCCOc1cccc2ccccc12)NC1COC2(CNC2)C1. The fourth-order valence-electron chi connectivity index (χ4n) is 3.62. The summed E-state index contributed by atoms with van der Waals surface area (Å²) in [6.07, 6.45) is 2.10. The van der Waals surface area contributed by atoms with Gasteiger partial charge in [-0.1, -0.05) is 36.4 Å². The molecule has 0 bridgehead atoms. The molecule has 2 aliphatic rings. The number of rotatable bonds is 6. The number of benzene rings is 2. The van der Waals surface area contributed by atoms with Crippen molar-refractivity contribution in [1.29, 1.82) is 0 Å². The second kappa shape index (κ2) is 7.02. The first-order valence-corrected chi connectivity index (χ1v) is 8.99. The minimum Gasteiger partial charge on any atom is -0.493 e. The molecule has 0 radical (unpaired) electrons. The minimum atomic E-state index is -0.0184. The van der Waals surface area contributed by atoms with Crippen molar-refractivity contribution in [2.45, 2.75) is 30.9 Å². The first-order chi connectivity index (χ1) is 12.2. The van der Waals surface area contributed by atoms with Crippen LogP contribution in [0, 0.1) is 0 Å². The van der Waals surface area contributed by atoms with E-state index >= 15 is 0 Å². The molecule has 2 heterocycles. The molecule has 2 N–H and O–H groups in total. The fraction of sp³-hybridized carbons (Fsp3) is 0.450. The van der Waals surface area contributed by atoms with E-state index < -0.39 is 0 Å². The molecular weight excluding hydrogens is 316 g/mol. The van der Waals surface area contributed by atoms with Gasteiger partial charge < -0.3 is 20.1 Å². The number of hydrogen-bond donors (Lipinski definition) is 2. The lowest BCUT2D eigenvalue weighted by Crippen LogP contribution is -2.59. The zero-order valence-corrected chi connectivity index (χ0v) is 14.3. The minimum absolute atomic E-state index is 0.0184. The van der Waals surface area contributed by atoms with Crippen molar-refractivity contribution in [1.82, 2.24) is 10.6 Å². The second-order valence-electron chi connectivity index (χ2n) is 7.00. The Balaban J connectivity index is 1.21. The number of ether oxygens (including phenoxy) is 2. The third-order valence-electron chi connectivity index (χ3n) is 5.02. The summed E-state index contributed by atoms with van der Waals surface area (Å²) in [6, 6.07) is 14.4. The van der Waals surface area contributed by atoms with Crippen LogP contribution >= 0.6 is 0 Å². The number of hydrogen-bond acceptors (Lipinski definition) is 4. The summed E-state index contributed by atoms with van der Waals surface area (Å²) in [5.41, 5.74) is -0.0184. The van der Waals surface area contributed by atoms with Crippen LogP contribution in [0.2, 0.25) is 0 Å². The standard InChI is InChI=1S/C20H24N2O3/c23-19(22-16-11-20(25-12-16)13-21-14-20)9-4-10-24-18-8-3-6-15-5-1-2-7-17(15)18/h1-3,5-8,16,21H,4,9-14H2,(H,22,23). The van der Waals surface area contributed by atoms with Crippen molar-refractivity contribution >= 4 is 16.7 Å². The van der Waals surface area contributed by atoms with Gasteiger partial charge in [-0.05, 0) is 17.9 Å². The summed E-state index contributed by atoms with van der Waals surface area (Å²) in [4.78, 5) is 12.1. The maximum absolute atomic E-state index is 12.1. The van der Waals surface area contributed by atoms with Gasteiger partial charge in [0.05, 0.1) is 24.9 Å². The van der Waals surface area contributed by atoms with Gasteiger partial charge in [-0.15, -0.1) is 0 Å². The largest absolute Gasteiger partial charge is 0.493 e. The summed E-state index contributed by atoms with van der Waals surface area (Å²) in [7, 11) is 0. The van der Waals surface area contributed by atoms with Crippen LogP contribution in [0.3, 0.4) is 0 Å². The van der Waals surface area contributed by atoms with E-state index in [1.54, 1.807) is 0 Å². The Kier molecular flexibility index (Phi) is 4.59. The maximum atomic E-state index is 12.1. The lowest BCUT2D eigenvalue weighted by molar-refractivity contribution is -0.122. The van der Waals surface area contributed by atoms with Crippen molar-refractivity contribution in [3.63, 3.8) is 0 Å². The summed E-state index contributed by atoms with van der Waals surface area (Å²) < 4.78 is 11.7. The quantitative estimate of drug-likeness (QED) is 0.792. The molecule has 1 amide bonds. The normalized spacial score (nSPS) is 21.2. The molecule has 5 heteroatoms. The Hall–Kier alpha value is -2.11. The molecule has 5 nitrogen and oxygen atoms in total. The number of carbonyl (C=O) groups is 1. The molecule has 4 rings (SSSR count). The van der Waals surface area contributed by atoms with Crippen LogP contribution in [0.25, 0.3) is 10.8 Å². The van der Waals surface area contributed by atoms with Crippen molar-refractivity contribution in [2.75, 3.05) is 26.3 Å². The van der Waals surface area contributed by atoms with E-state index in [9.17, 15) is 4.79 Å². The summed E-state index contributed by atoms with van der Waals surface area (Å²) >= 11 is 0. The summed E-state index contributed by atoms with van der Waals surface area (Å²) in [5, 5.41) is 8.59. The van der Waals surface area contributed by atoms with Gasteiger partial charge in [-0.2, -0.15) is 0 Å². The average molecular weight is 340 g/mol. The van der Waals surface area contributed by atoms with E-state index in [1.807, 2.05) is 24.3 Å². The number of carbonyl (C=O) groups excluding carboxylic acids is 1. The third kappa shape index (κ3) is 3.62. The predicted molar refractivity (Wildman–Crippen MR) is 96.8 cm³/mol. The fourth-order valence-corrected chi connectivity index (χ4v) is 3.62. The van der Waals surface area contributed by atoms with E-state index in [-0.39, 0.29) is 17.6 Å². The monoisotopic (exact) mass is 340 g/mol. The zero-order valence-electron chi connectivity index (χ0n) is 14.3. The van der Waals surface area contributed by atoms with Gasteiger partial charge >= 0.3 is 0 Å². The predicted octanol–water partition coefficient (Wildman–Crippen LogP) is 2.25. The van der Waals surface area contributed by atoms with E-state index in [0.29, 0.717) is 26.1 Å². The molecule has 0 aliphatic carbocycles. The van der Waals surface area contributed by atoms with Gasteiger partial charge in [0.15, 0.2) is 0 Å². The molecule has 2 aromatic rings. The molecule has 1 spiro atoms. The molecule has 1 atom stereocenters. The summed E-state index contributed by atoms with van der Waals surface area (Å²) in [5.74, 6) is 0.960. The van der Waals surface area contributed by atoms with E-state index in [1.165, 1.54) is 5.39 Å². The molecule has 2 aromatic carbocycles. The van der Waals surface area contributed by atoms with E-state index in [2.05, 4.69) is 28.8 Å². The first kappa shape index (κ1) is 16.4. The highest BCUT2D eigenvalue weighted by Gasteiger charge is 2.45. The second-order valence-corrected chi connectivity index (χ2v) is 7.00. The van der Waals surface area contributed by atoms with Crippen molar-refractivity contribution < 1.29 is 14.3 Å². The Morgan fingerprint density at radius 2 is 2.08 bits per heavy atom. The van der Waals surface area contributed by atoms with Crippen LogP contribution in [0.15, 0.2) is 42.5 Å². The van der Waals surface area contributed by atoms with Crippen molar-refractivity contribution in [3.05, 3.63) is 42.5 Å². The molecule has 2 aliphatic heterocycles. The number of nitrogens with one attached hydrogen (secondary N) is 2. The Morgan fingerprint density at radius 3 is 2.88 bits per heavy atom. The Labute approximate surface area is 147 Å². The molecule has 0 saturated carbocycles. The van der Waals surface area contributed by atoms with E-state index in [4.69, 9.17) is 9.47 Å². The molecule has 2 fully saturated rings. The Bertz CT molecular complexity index is 752. The van der Waals surface area contributed by atoms with Crippen LogP contribution < -0.4 is 15.4 Å². The highest BCUT2D eigenvalue weighted by Crippen LogP contribution is 2.29. The zero-order chi connectivity index (χ0) is 17.1. The molecular formula is C20H24N2O3. The topological polar surface area (TPSA) is 59.6 Å². The highest BCUT2D eigenvalue weighted by molar-refractivity contribution is 5.88. The van der Waals surface area contributed by atoms with Crippen LogP contribution in [0.5, 0.6) is 5.75 Å². The third-order valence-corrected chi connectivity index (χ3v) is 5.02. The molecule has 1 unspecified atom stereocenters. The maximum Gasteiger partial charge on any atom is 0.220 e. The van der Waals surface area contributed by atoms with Crippen LogP contribution in [-0.4, -0.2) is 43.9 Å². The molecule has 132 valence electrons. The highest BCUT2D eigenvalue weighted by atomic mass is 16.5. The van der Waals surface area contributed by atoms with Gasteiger partial charge in [0.2, 0.25) is 5.91 Å². The van der Waals surface area contributed by atoms with Gasteiger partial charge in [0, 0.05) is 31.3 Å². The van der Waals surface area contributed by atoms with Gasteiger partial charge in [-0.25, -0.2) is 0 Å². The summed E-state index contributed by atoms with van der Waals surface area (Å²) in [6.45, 7) is 2.97. The first-order valence-electron chi connectivity index (χ1n) is 8.99. The molecule has 25 heavy (non-hydrogen) atoms. The molecule has 0 aromatic heterocycles. The van der Waals surface area contributed by atoms with Crippen LogP contribution in [0.4, 0.5) is 0 Å². The lowest BCUT2D eigenvalue weighted by atomic mass is 9.92. The van der Waals surface area contributed by atoms with Crippen LogP contribution in [-0.2, 0) is 9.53 Å². The Morgan fingerprint density at radius 1 is 1.24 bits per heavy atom. The van der Waals surface area contributed by atoms with Crippen molar-refractivity contribution in [3.8, 4) is 5.75 Å². The van der Waals surface area contributed by atoms with E-state index in [0.717, 1.165) is 30.6 Å². The molecule has 2 saturated heterocycles. The van der Waals surface area contributed by atoms with Gasteiger partial charge in [-0.3, -0.25) is 4.79 Å². The average Bonchev–Trinajstić information content (AvgIpc) is 3.03. The van der Waals surface area contributed by atoms with Crippen molar-refractivity contribution in [2.24, 2.45) is 0 Å². The number of fused-ring (bicyclic) bond motifs is 1.